The number of hydrogen-bond donors (Lipinski definition) is 1. The highest BCUT2D eigenvalue weighted by molar-refractivity contribution is 5.97. The normalized spacial score (nSPS) is 10.2. The van der Waals surface area contributed by atoms with Crippen molar-refractivity contribution in [3.63, 3.8) is 0 Å². The Balaban J connectivity index is 2.18. The van der Waals surface area contributed by atoms with Crippen LogP contribution in [0.5, 0.6) is 11.5 Å². The van der Waals surface area contributed by atoms with E-state index in [1.54, 1.807) is 19.2 Å². The summed E-state index contributed by atoms with van der Waals surface area (Å²) < 4.78 is 5.21. The Morgan fingerprint density at radius 1 is 1.24 bits per heavy atom. The predicted molar refractivity (Wildman–Crippen MR) is 83.2 cm³/mol. The molecule has 1 N–H and O–H groups in total. The first kappa shape index (κ1) is 14.9. The molecule has 21 heavy (non-hydrogen) atoms. The van der Waals surface area contributed by atoms with Gasteiger partial charge in [-0.2, -0.15) is 0 Å². The van der Waals surface area contributed by atoms with Crippen molar-refractivity contribution in [2.24, 2.45) is 0 Å². The van der Waals surface area contributed by atoms with E-state index in [-0.39, 0.29) is 11.5 Å². The molecule has 0 saturated carbocycles. The minimum atomic E-state index is -0.144. The molecule has 110 valence electrons. The zero-order valence-corrected chi connectivity index (χ0v) is 12.5. The number of Topliss-reactive ketones (excluding diaryl/α,β-unsaturated/α-hetero) is 1. The molecular weight excluding hydrogens is 266 g/mol. The second-order valence-electron chi connectivity index (χ2n) is 4.97. The van der Waals surface area contributed by atoms with Crippen LogP contribution in [0.15, 0.2) is 42.5 Å². The van der Waals surface area contributed by atoms with Gasteiger partial charge in [-0.3, -0.25) is 4.79 Å². The third-order valence-corrected chi connectivity index (χ3v) is 3.36. The van der Waals surface area contributed by atoms with E-state index < -0.39 is 0 Å². The van der Waals surface area contributed by atoms with Crippen LogP contribution in [0.2, 0.25) is 0 Å². The number of methoxy groups -OCH3 is 1. The Morgan fingerprint density at radius 2 is 2.00 bits per heavy atom. The maximum absolute atomic E-state index is 11.3. The molecule has 2 aromatic rings. The highest BCUT2D eigenvalue weighted by Gasteiger charge is 2.09. The highest BCUT2D eigenvalue weighted by Crippen LogP contribution is 2.25. The number of anilines is 1. The van der Waals surface area contributed by atoms with Crippen LogP contribution in [0.25, 0.3) is 0 Å². The average molecular weight is 285 g/mol. The van der Waals surface area contributed by atoms with Gasteiger partial charge in [0.25, 0.3) is 0 Å². The molecular formula is C17H19NO3. The standard InChI is InChI=1S/C17H19NO3/c1-12(19)16-8-7-14(10-17(16)20)18(2)11-13-5-4-6-15(9-13)21-3/h4-10,20H,11H2,1-3H3. The number of aromatic hydroxyl groups is 1. The summed E-state index contributed by atoms with van der Waals surface area (Å²) in [7, 11) is 3.57. The van der Waals surface area contributed by atoms with Gasteiger partial charge in [-0.05, 0) is 36.8 Å². The summed E-state index contributed by atoms with van der Waals surface area (Å²) in [5.41, 5.74) is 2.29. The largest absolute Gasteiger partial charge is 0.507 e. The van der Waals surface area contributed by atoms with Gasteiger partial charge in [0.15, 0.2) is 5.78 Å². The molecule has 0 aliphatic carbocycles. The van der Waals surface area contributed by atoms with Crippen molar-refractivity contribution in [3.05, 3.63) is 53.6 Å². The second-order valence-corrected chi connectivity index (χ2v) is 4.97. The maximum atomic E-state index is 11.3. The van der Waals surface area contributed by atoms with Gasteiger partial charge in [0.2, 0.25) is 0 Å². The Kier molecular flexibility index (Phi) is 4.48. The Bertz CT molecular complexity index is 652. The Labute approximate surface area is 124 Å². The summed E-state index contributed by atoms with van der Waals surface area (Å²) >= 11 is 0. The SMILES string of the molecule is COc1cccc(CN(C)c2ccc(C(C)=O)c(O)c2)c1. The number of nitrogens with zero attached hydrogens (tertiary/aromatic N) is 1. The number of benzene rings is 2. The van der Waals surface area contributed by atoms with E-state index in [0.29, 0.717) is 12.1 Å². The van der Waals surface area contributed by atoms with E-state index in [0.717, 1.165) is 17.0 Å². The van der Waals surface area contributed by atoms with Crippen molar-refractivity contribution < 1.29 is 14.6 Å². The molecule has 0 fully saturated rings. The van der Waals surface area contributed by atoms with Crippen LogP contribution in [0.3, 0.4) is 0 Å². The van der Waals surface area contributed by atoms with Crippen LogP contribution < -0.4 is 9.64 Å². The lowest BCUT2D eigenvalue weighted by Gasteiger charge is -2.20. The van der Waals surface area contributed by atoms with E-state index in [4.69, 9.17) is 4.74 Å². The number of rotatable bonds is 5. The van der Waals surface area contributed by atoms with Crippen LogP contribution >= 0.6 is 0 Å². The molecule has 0 atom stereocenters. The van der Waals surface area contributed by atoms with Gasteiger partial charge in [0.05, 0.1) is 12.7 Å². The van der Waals surface area contributed by atoms with Crippen LogP contribution in [-0.2, 0) is 6.54 Å². The smallest absolute Gasteiger partial charge is 0.163 e. The van der Waals surface area contributed by atoms with Gasteiger partial charge in [0, 0.05) is 25.3 Å². The highest BCUT2D eigenvalue weighted by atomic mass is 16.5. The fraction of sp³-hybridized carbons (Fsp3) is 0.235. The molecule has 2 rings (SSSR count). The summed E-state index contributed by atoms with van der Waals surface area (Å²) in [5, 5.41) is 9.89. The maximum Gasteiger partial charge on any atom is 0.163 e. The number of hydrogen-bond acceptors (Lipinski definition) is 4. The molecule has 4 heteroatoms. The van der Waals surface area contributed by atoms with Gasteiger partial charge >= 0.3 is 0 Å². The Hall–Kier alpha value is -2.49. The first-order valence-corrected chi connectivity index (χ1v) is 6.69. The van der Waals surface area contributed by atoms with Crippen LogP contribution in [-0.4, -0.2) is 25.0 Å². The molecule has 0 heterocycles. The fourth-order valence-corrected chi connectivity index (χ4v) is 2.19. The zero-order chi connectivity index (χ0) is 15.4. The van der Waals surface area contributed by atoms with Gasteiger partial charge in [-0.15, -0.1) is 0 Å². The lowest BCUT2D eigenvalue weighted by molar-refractivity contribution is 0.101. The van der Waals surface area contributed by atoms with Gasteiger partial charge in [-0.1, -0.05) is 12.1 Å². The number of carbonyl (C=O) groups excluding carboxylic acids is 1. The molecule has 0 aliphatic rings. The zero-order valence-electron chi connectivity index (χ0n) is 12.5. The molecule has 2 aromatic carbocycles. The molecule has 0 aromatic heterocycles. The molecule has 0 spiro atoms. The third kappa shape index (κ3) is 3.54. The summed E-state index contributed by atoms with van der Waals surface area (Å²) in [6, 6.07) is 12.9. The number of ether oxygens (including phenoxy) is 1. The van der Waals surface area contributed by atoms with E-state index >= 15 is 0 Å². The lowest BCUT2D eigenvalue weighted by Crippen LogP contribution is -2.16. The van der Waals surface area contributed by atoms with Crippen LogP contribution in [0, 0.1) is 0 Å². The van der Waals surface area contributed by atoms with Gasteiger partial charge in [0.1, 0.15) is 11.5 Å². The molecule has 0 unspecified atom stereocenters. The number of carbonyl (C=O) groups is 1. The van der Waals surface area contributed by atoms with Gasteiger partial charge < -0.3 is 14.7 Å². The lowest BCUT2D eigenvalue weighted by atomic mass is 10.1. The van der Waals surface area contributed by atoms with E-state index in [2.05, 4.69) is 0 Å². The number of phenols is 1. The summed E-state index contributed by atoms with van der Waals surface area (Å²) in [4.78, 5) is 13.3. The van der Waals surface area contributed by atoms with E-state index in [9.17, 15) is 9.90 Å². The van der Waals surface area contributed by atoms with E-state index in [1.165, 1.54) is 6.92 Å². The second kappa shape index (κ2) is 6.31. The first-order valence-electron chi connectivity index (χ1n) is 6.69. The van der Waals surface area contributed by atoms with Crippen molar-refractivity contribution >= 4 is 11.5 Å². The quantitative estimate of drug-likeness (QED) is 0.857. The molecule has 0 bridgehead atoms. The van der Waals surface area contributed by atoms with E-state index in [1.807, 2.05) is 42.3 Å². The van der Waals surface area contributed by atoms with Crippen molar-refractivity contribution in [1.29, 1.82) is 0 Å². The third-order valence-electron chi connectivity index (χ3n) is 3.36. The number of ketones is 1. The number of phenolic OH excluding ortho intramolecular Hbond substituents is 1. The first-order chi connectivity index (χ1) is 10.0. The topological polar surface area (TPSA) is 49.8 Å². The monoisotopic (exact) mass is 285 g/mol. The minimum absolute atomic E-state index is 0.0116. The predicted octanol–water partition coefficient (Wildman–Crippen LogP) is 3.24. The molecule has 0 radical (unpaired) electrons. The molecule has 4 nitrogen and oxygen atoms in total. The Morgan fingerprint density at radius 3 is 2.62 bits per heavy atom. The van der Waals surface area contributed by atoms with Crippen molar-refractivity contribution in [2.45, 2.75) is 13.5 Å². The molecule has 0 saturated heterocycles. The fourth-order valence-electron chi connectivity index (χ4n) is 2.19. The van der Waals surface area contributed by atoms with Crippen molar-refractivity contribution in [2.75, 3.05) is 19.1 Å². The summed E-state index contributed by atoms with van der Waals surface area (Å²) in [6.45, 7) is 2.12. The molecule has 0 aliphatic heterocycles. The van der Waals surface area contributed by atoms with Crippen LogP contribution in [0.4, 0.5) is 5.69 Å². The van der Waals surface area contributed by atoms with Gasteiger partial charge in [-0.25, -0.2) is 0 Å². The minimum Gasteiger partial charge on any atom is -0.507 e. The average Bonchev–Trinajstić information content (AvgIpc) is 2.46. The van der Waals surface area contributed by atoms with Crippen molar-refractivity contribution in [3.8, 4) is 11.5 Å². The van der Waals surface area contributed by atoms with Crippen molar-refractivity contribution in [1.82, 2.24) is 0 Å². The summed E-state index contributed by atoms with van der Waals surface area (Å²) in [5.74, 6) is 0.683. The summed E-state index contributed by atoms with van der Waals surface area (Å²) in [6.07, 6.45) is 0. The molecule has 0 amide bonds. The van der Waals surface area contributed by atoms with Crippen LogP contribution in [0.1, 0.15) is 22.8 Å².